The van der Waals surface area contributed by atoms with Gasteiger partial charge in [0.05, 0.1) is 5.69 Å². The van der Waals surface area contributed by atoms with Crippen LogP contribution in [0.3, 0.4) is 0 Å². The topological polar surface area (TPSA) is 46.6 Å². The van der Waals surface area contributed by atoms with Crippen LogP contribution in [-0.2, 0) is 13.7 Å². The van der Waals surface area contributed by atoms with Gasteiger partial charge < -0.3 is 4.90 Å². The Morgan fingerprint density at radius 2 is 1.60 bits per heavy atom. The maximum absolute atomic E-state index is 12.4. The highest BCUT2D eigenvalue weighted by Crippen LogP contribution is 2.56. The van der Waals surface area contributed by atoms with Crippen LogP contribution in [0.2, 0.25) is 0 Å². The Kier molecular flexibility index (Phi) is 4.67. The van der Waals surface area contributed by atoms with Gasteiger partial charge in [0.25, 0.3) is 0 Å². The molecule has 1 aromatic carbocycles. The normalized spacial score (nSPS) is 14.2. The predicted octanol–water partition coefficient (Wildman–Crippen LogP) is 2.96. The zero-order valence-corrected chi connectivity index (χ0v) is 13.1. The quantitative estimate of drug-likeness (QED) is 0.796. The van der Waals surface area contributed by atoms with Gasteiger partial charge in [0.1, 0.15) is 0 Å². The van der Waals surface area contributed by atoms with Crippen molar-refractivity contribution in [3.05, 3.63) is 24.3 Å². The number of nitrogens with zero attached hydrogens (tertiary/aromatic N) is 1. The van der Waals surface area contributed by atoms with Crippen LogP contribution in [0.1, 0.15) is 0 Å². The molecule has 0 saturated carbocycles. The standard InChI is InChI=1S/C11H16F3NO3S2/c1-15(2)9-7-5-6-8-10(9)19(3,4)18-20(16,17)11(12,13)14/h5-8H,1-4H3. The van der Waals surface area contributed by atoms with Crippen molar-refractivity contribution in [2.45, 2.75) is 10.4 Å². The first-order valence-corrected chi connectivity index (χ1v) is 9.19. The van der Waals surface area contributed by atoms with Gasteiger partial charge in [-0.05, 0) is 24.6 Å². The van der Waals surface area contributed by atoms with E-state index in [0.29, 0.717) is 10.6 Å². The van der Waals surface area contributed by atoms with E-state index in [1.165, 1.54) is 12.5 Å². The zero-order valence-electron chi connectivity index (χ0n) is 11.4. The highest BCUT2D eigenvalue weighted by Gasteiger charge is 2.50. The Hall–Kier alpha value is -0.930. The summed E-state index contributed by atoms with van der Waals surface area (Å²) in [4.78, 5) is 2.12. The van der Waals surface area contributed by atoms with Gasteiger partial charge in [-0.2, -0.15) is 21.6 Å². The Morgan fingerprint density at radius 1 is 1.10 bits per heavy atom. The lowest BCUT2D eigenvalue weighted by molar-refractivity contribution is -0.0495. The van der Waals surface area contributed by atoms with Crippen molar-refractivity contribution in [2.75, 3.05) is 31.5 Å². The highest BCUT2D eigenvalue weighted by molar-refractivity contribution is 8.32. The van der Waals surface area contributed by atoms with Crippen molar-refractivity contribution in [3.8, 4) is 0 Å². The minimum Gasteiger partial charge on any atom is -0.377 e. The Balaban J connectivity index is 3.26. The van der Waals surface area contributed by atoms with E-state index in [1.54, 1.807) is 43.3 Å². The summed E-state index contributed by atoms with van der Waals surface area (Å²) in [5.74, 6) is 0. The highest BCUT2D eigenvalue weighted by atomic mass is 32.3. The van der Waals surface area contributed by atoms with Crippen molar-refractivity contribution >= 4 is 26.1 Å². The fourth-order valence-electron chi connectivity index (χ4n) is 1.54. The van der Waals surface area contributed by atoms with Crippen LogP contribution < -0.4 is 4.90 Å². The van der Waals surface area contributed by atoms with E-state index < -0.39 is 25.9 Å². The van der Waals surface area contributed by atoms with Crippen LogP contribution in [0.15, 0.2) is 29.2 Å². The number of hydrogen-bond donors (Lipinski definition) is 0. The van der Waals surface area contributed by atoms with Crippen LogP contribution in [0.4, 0.5) is 18.9 Å². The molecule has 116 valence electrons. The van der Waals surface area contributed by atoms with Crippen LogP contribution in [0.5, 0.6) is 0 Å². The lowest BCUT2D eigenvalue weighted by atomic mass is 10.3. The Bertz CT molecular complexity index is 583. The summed E-state index contributed by atoms with van der Waals surface area (Å²) in [6, 6.07) is 6.59. The van der Waals surface area contributed by atoms with Gasteiger partial charge in [-0.25, -0.2) is 3.63 Å². The minimum absolute atomic E-state index is 0.429. The lowest BCUT2D eigenvalue weighted by Gasteiger charge is -2.33. The second kappa shape index (κ2) is 5.45. The number of para-hydroxylation sites is 1. The molecular formula is C11H16F3NO3S2. The zero-order chi connectivity index (χ0) is 15.8. The molecule has 0 heterocycles. The molecule has 0 aliphatic heterocycles. The van der Waals surface area contributed by atoms with E-state index in [-0.39, 0.29) is 0 Å². The van der Waals surface area contributed by atoms with E-state index in [4.69, 9.17) is 0 Å². The third-order valence-electron chi connectivity index (χ3n) is 2.42. The smallest absolute Gasteiger partial charge is 0.377 e. The van der Waals surface area contributed by atoms with Crippen molar-refractivity contribution in [2.24, 2.45) is 0 Å². The minimum atomic E-state index is -5.63. The van der Waals surface area contributed by atoms with Gasteiger partial charge in [-0.3, -0.25) is 0 Å². The summed E-state index contributed by atoms with van der Waals surface area (Å²) in [6.45, 7) is 0. The predicted molar refractivity (Wildman–Crippen MR) is 74.5 cm³/mol. The molecule has 0 spiro atoms. The molecule has 0 aliphatic rings. The number of halogens is 3. The van der Waals surface area contributed by atoms with Crippen molar-refractivity contribution in [3.63, 3.8) is 0 Å². The molecule has 0 fully saturated rings. The van der Waals surface area contributed by atoms with E-state index >= 15 is 0 Å². The molecule has 0 saturated heterocycles. The molecule has 20 heavy (non-hydrogen) atoms. The molecule has 1 rings (SSSR count). The van der Waals surface area contributed by atoms with E-state index in [0.717, 1.165) is 0 Å². The van der Waals surface area contributed by atoms with E-state index in [9.17, 15) is 21.6 Å². The fraction of sp³-hybridized carbons (Fsp3) is 0.455. The molecule has 0 aromatic heterocycles. The van der Waals surface area contributed by atoms with Crippen LogP contribution >= 0.6 is 10.3 Å². The van der Waals surface area contributed by atoms with Gasteiger partial charge in [-0.1, -0.05) is 22.4 Å². The molecule has 0 N–H and O–H groups in total. The molecule has 0 bridgehead atoms. The molecule has 0 radical (unpaired) electrons. The maximum Gasteiger partial charge on any atom is 0.523 e. The first-order valence-electron chi connectivity index (χ1n) is 5.40. The van der Waals surface area contributed by atoms with Crippen molar-refractivity contribution < 1.29 is 25.2 Å². The summed E-state index contributed by atoms with van der Waals surface area (Å²) >= 11 is 0. The number of alkyl halides is 3. The molecule has 0 unspecified atom stereocenters. The summed E-state index contributed by atoms with van der Waals surface area (Å²) < 4.78 is 64.1. The molecular weight excluding hydrogens is 315 g/mol. The maximum atomic E-state index is 12.4. The molecule has 1 aromatic rings. The SMILES string of the molecule is CN(C)c1ccccc1S(C)(C)OS(=O)(=O)C(F)(F)F. The van der Waals surface area contributed by atoms with Gasteiger partial charge in [0.2, 0.25) is 0 Å². The lowest BCUT2D eigenvalue weighted by Crippen LogP contribution is -2.27. The molecule has 9 heteroatoms. The van der Waals surface area contributed by atoms with Gasteiger partial charge in [-0.15, -0.1) is 0 Å². The van der Waals surface area contributed by atoms with Gasteiger partial charge in [0.15, 0.2) is 0 Å². The molecule has 0 aliphatic carbocycles. The van der Waals surface area contributed by atoms with E-state index in [1.807, 2.05) is 0 Å². The average Bonchev–Trinajstić information content (AvgIpc) is 2.26. The largest absolute Gasteiger partial charge is 0.523 e. The number of rotatable bonds is 4. The second-order valence-corrected chi connectivity index (χ2v) is 9.38. The van der Waals surface area contributed by atoms with E-state index in [2.05, 4.69) is 3.63 Å². The summed E-state index contributed by atoms with van der Waals surface area (Å²) in [7, 11) is -4.82. The molecule has 4 nitrogen and oxygen atoms in total. The first-order chi connectivity index (χ1) is 8.88. The number of benzene rings is 1. The molecule has 0 atom stereocenters. The first kappa shape index (κ1) is 17.1. The van der Waals surface area contributed by atoms with Crippen LogP contribution in [0, 0.1) is 0 Å². The summed E-state index contributed by atoms with van der Waals surface area (Å²) in [6.07, 6.45) is 2.72. The van der Waals surface area contributed by atoms with Crippen molar-refractivity contribution in [1.82, 2.24) is 0 Å². The summed E-state index contributed by atoms with van der Waals surface area (Å²) in [5.41, 5.74) is -4.81. The van der Waals surface area contributed by atoms with Gasteiger partial charge in [0, 0.05) is 19.0 Å². The van der Waals surface area contributed by atoms with Crippen LogP contribution in [0.25, 0.3) is 0 Å². The summed E-state index contributed by atoms with van der Waals surface area (Å²) in [5, 5.41) is 0. The Labute approximate surface area is 118 Å². The fourth-order valence-corrected chi connectivity index (χ4v) is 5.10. The third kappa shape index (κ3) is 3.58. The van der Waals surface area contributed by atoms with Crippen LogP contribution in [-0.4, -0.2) is 40.5 Å². The third-order valence-corrected chi connectivity index (χ3v) is 6.47. The number of hydrogen-bond acceptors (Lipinski definition) is 4. The van der Waals surface area contributed by atoms with Crippen molar-refractivity contribution in [1.29, 1.82) is 0 Å². The second-order valence-electron chi connectivity index (χ2n) is 4.56. The Morgan fingerprint density at radius 3 is 2.05 bits per heavy atom. The monoisotopic (exact) mass is 331 g/mol. The van der Waals surface area contributed by atoms with Gasteiger partial charge >= 0.3 is 15.6 Å². The average molecular weight is 331 g/mol. The number of anilines is 1. The molecule has 0 amide bonds.